The summed E-state index contributed by atoms with van der Waals surface area (Å²) in [5.74, 6) is 0.859. The van der Waals surface area contributed by atoms with E-state index in [0.29, 0.717) is 16.4 Å². The van der Waals surface area contributed by atoms with Gasteiger partial charge in [0.25, 0.3) is 0 Å². The van der Waals surface area contributed by atoms with Gasteiger partial charge in [-0.1, -0.05) is 4.49 Å². The Hall–Kier alpha value is -1.82. The van der Waals surface area contributed by atoms with Crippen LogP contribution < -0.4 is 10.5 Å². The summed E-state index contributed by atoms with van der Waals surface area (Å²) in [7, 11) is 0. The van der Waals surface area contributed by atoms with Crippen molar-refractivity contribution in [2.45, 2.75) is 6.61 Å². The Morgan fingerprint density at radius 3 is 2.67 bits per heavy atom. The fraction of sp³-hybridized carbons (Fsp3) is 0.111. The molecule has 0 unspecified atom stereocenters. The second-order valence-corrected chi connectivity index (χ2v) is 3.65. The third-order valence-electron chi connectivity index (χ3n) is 1.80. The zero-order chi connectivity index (χ0) is 10.7. The molecule has 3 N–H and O–H groups in total. The number of nitrogens with two attached hydrogens (primary N) is 1. The first kappa shape index (κ1) is 9.72. The van der Waals surface area contributed by atoms with Crippen molar-refractivity contribution in [3.05, 3.63) is 30.0 Å². The van der Waals surface area contributed by atoms with E-state index < -0.39 is 0 Å². The average Bonchev–Trinajstić information content (AvgIpc) is 2.63. The Morgan fingerprint density at radius 1 is 1.33 bits per heavy atom. The van der Waals surface area contributed by atoms with Gasteiger partial charge in [-0.05, 0) is 24.3 Å². The maximum atomic E-state index is 9.06. The Balaban J connectivity index is 1.99. The Bertz CT molecular complexity index is 441. The normalized spacial score (nSPS) is 10.1. The molecule has 1 aromatic heterocycles. The monoisotopic (exact) mass is 223 g/mol. The summed E-state index contributed by atoms with van der Waals surface area (Å²) in [5, 5.41) is 13.4. The van der Waals surface area contributed by atoms with E-state index in [1.165, 1.54) is 0 Å². The lowest BCUT2D eigenvalue weighted by Gasteiger charge is -2.03. The highest BCUT2D eigenvalue weighted by Gasteiger charge is 2.04. The third kappa shape index (κ3) is 2.35. The van der Waals surface area contributed by atoms with Gasteiger partial charge in [0, 0.05) is 11.5 Å². The molecule has 0 amide bonds. The summed E-state index contributed by atoms with van der Waals surface area (Å²) >= 11 is 1.14. The number of hydrogen-bond donors (Lipinski definition) is 2. The van der Waals surface area contributed by atoms with E-state index in [-0.39, 0.29) is 12.4 Å². The topological polar surface area (TPSA) is 81.3 Å². The lowest BCUT2D eigenvalue weighted by molar-refractivity contribution is 0.301. The number of phenols is 1. The minimum Gasteiger partial charge on any atom is -0.508 e. The molecule has 0 saturated heterocycles. The summed E-state index contributed by atoms with van der Waals surface area (Å²) in [5.41, 5.74) is 6.23. The van der Waals surface area contributed by atoms with Gasteiger partial charge in [0.15, 0.2) is 0 Å². The molecule has 0 aliphatic carbocycles. The summed E-state index contributed by atoms with van der Waals surface area (Å²) in [6.07, 6.45) is 0. The molecule has 0 aliphatic heterocycles. The van der Waals surface area contributed by atoms with Crippen LogP contribution in [0.3, 0.4) is 0 Å². The van der Waals surface area contributed by atoms with Gasteiger partial charge in [0.1, 0.15) is 28.8 Å². The van der Waals surface area contributed by atoms with Crippen molar-refractivity contribution in [3.8, 4) is 11.5 Å². The minimum absolute atomic E-state index is 0.206. The van der Waals surface area contributed by atoms with Crippen LogP contribution in [0.15, 0.2) is 24.3 Å². The quantitative estimate of drug-likeness (QED) is 0.822. The fourth-order valence-corrected chi connectivity index (χ4v) is 1.44. The number of benzene rings is 1. The summed E-state index contributed by atoms with van der Waals surface area (Å²) in [6.45, 7) is 0.285. The zero-order valence-electron chi connectivity index (χ0n) is 7.75. The Labute approximate surface area is 90.3 Å². The lowest BCUT2D eigenvalue weighted by atomic mass is 10.3. The van der Waals surface area contributed by atoms with Crippen LogP contribution in [0.2, 0.25) is 0 Å². The van der Waals surface area contributed by atoms with E-state index in [4.69, 9.17) is 15.6 Å². The standard InChI is InChI=1S/C9H9N3O2S/c10-9-8(11-12-15-9)5-14-7-3-1-6(13)2-4-7/h1-4,13H,5,10H2. The maximum Gasteiger partial charge on any atom is 0.136 e. The molecule has 0 spiro atoms. The zero-order valence-corrected chi connectivity index (χ0v) is 8.57. The number of aromatic nitrogens is 2. The molecule has 15 heavy (non-hydrogen) atoms. The molecule has 1 aromatic carbocycles. The van der Waals surface area contributed by atoms with Crippen LogP contribution in [0.4, 0.5) is 5.00 Å². The summed E-state index contributed by atoms with van der Waals surface area (Å²) < 4.78 is 9.09. The van der Waals surface area contributed by atoms with Crippen LogP contribution in [-0.2, 0) is 6.61 Å². The van der Waals surface area contributed by atoms with Gasteiger partial charge in [-0.2, -0.15) is 0 Å². The van der Waals surface area contributed by atoms with E-state index in [0.717, 1.165) is 11.5 Å². The van der Waals surface area contributed by atoms with Crippen molar-refractivity contribution in [2.24, 2.45) is 0 Å². The average molecular weight is 223 g/mol. The first-order valence-electron chi connectivity index (χ1n) is 4.24. The SMILES string of the molecule is Nc1snnc1COc1ccc(O)cc1. The molecule has 1 heterocycles. The summed E-state index contributed by atoms with van der Waals surface area (Å²) in [4.78, 5) is 0. The second-order valence-electron chi connectivity index (χ2n) is 2.87. The van der Waals surface area contributed by atoms with Crippen molar-refractivity contribution in [1.82, 2.24) is 9.59 Å². The van der Waals surface area contributed by atoms with Crippen LogP contribution in [-0.4, -0.2) is 14.7 Å². The second kappa shape index (κ2) is 4.14. The molecule has 2 rings (SSSR count). The van der Waals surface area contributed by atoms with E-state index in [1.54, 1.807) is 24.3 Å². The van der Waals surface area contributed by atoms with Crippen molar-refractivity contribution in [2.75, 3.05) is 5.73 Å². The molecule has 0 bridgehead atoms. The van der Waals surface area contributed by atoms with Gasteiger partial charge < -0.3 is 15.6 Å². The smallest absolute Gasteiger partial charge is 0.136 e. The highest BCUT2D eigenvalue weighted by atomic mass is 32.1. The molecule has 6 heteroatoms. The number of ether oxygens (including phenoxy) is 1. The van der Waals surface area contributed by atoms with Crippen LogP contribution in [0.25, 0.3) is 0 Å². The molecule has 5 nitrogen and oxygen atoms in total. The Kier molecular flexibility index (Phi) is 2.68. The number of phenolic OH excluding ortho intramolecular Hbond substituents is 1. The maximum absolute atomic E-state index is 9.06. The Morgan fingerprint density at radius 2 is 2.07 bits per heavy atom. The highest BCUT2D eigenvalue weighted by molar-refractivity contribution is 7.09. The first-order chi connectivity index (χ1) is 7.25. The van der Waals surface area contributed by atoms with E-state index in [1.807, 2.05) is 0 Å². The van der Waals surface area contributed by atoms with Crippen molar-refractivity contribution < 1.29 is 9.84 Å². The molecular formula is C9H9N3O2S. The predicted molar refractivity (Wildman–Crippen MR) is 56.8 cm³/mol. The van der Waals surface area contributed by atoms with E-state index >= 15 is 0 Å². The molecule has 0 saturated carbocycles. The molecule has 0 radical (unpaired) electrons. The van der Waals surface area contributed by atoms with Crippen molar-refractivity contribution in [1.29, 1.82) is 0 Å². The molecule has 2 aromatic rings. The van der Waals surface area contributed by atoms with Crippen LogP contribution in [0.5, 0.6) is 11.5 Å². The predicted octanol–water partition coefficient (Wildman–Crippen LogP) is 1.40. The fourth-order valence-electron chi connectivity index (χ4n) is 1.01. The molecule has 0 atom stereocenters. The van der Waals surface area contributed by atoms with Crippen molar-refractivity contribution >= 4 is 16.5 Å². The first-order valence-corrected chi connectivity index (χ1v) is 5.01. The van der Waals surface area contributed by atoms with E-state index in [2.05, 4.69) is 9.59 Å². The van der Waals surface area contributed by atoms with Crippen molar-refractivity contribution in [3.63, 3.8) is 0 Å². The van der Waals surface area contributed by atoms with Gasteiger partial charge in [0.2, 0.25) is 0 Å². The van der Waals surface area contributed by atoms with Gasteiger partial charge in [-0.3, -0.25) is 0 Å². The molecule has 78 valence electrons. The van der Waals surface area contributed by atoms with Gasteiger partial charge >= 0.3 is 0 Å². The molecular weight excluding hydrogens is 214 g/mol. The number of anilines is 1. The van der Waals surface area contributed by atoms with E-state index in [9.17, 15) is 0 Å². The van der Waals surface area contributed by atoms with Gasteiger partial charge in [-0.15, -0.1) is 5.10 Å². The third-order valence-corrected chi connectivity index (χ3v) is 2.39. The van der Waals surface area contributed by atoms with Crippen LogP contribution in [0.1, 0.15) is 5.69 Å². The molecule has 0 fully saturated rings. The van der Waals surface area contributed by atoms with Crippen LogP contribution in [0, 0.1) is 0 Å². The number of hydrogen-bond acceptors (Lipinski definition) is 6. The number of rotatable bonds is 3. The van der Waals surface area contributed by atoms with Crippen LogP contribution >= 0.6 is 11.5 Å². The highest BCUT2D eigenvalue weighted by Crippen LogP contribution is 2.19. The number of aromatic hydroxyl groups is 1. The van der Waals surface area contributed by atoms with Gasteiger partial charge in [-0.25, -0.2) is 0 Å². The number of nitrogens with zero attached hydrogens (tertiary/aromatic N) is 2. The molecule has 0 aliphatic rings. The largest absolute Gasteiger partial charge is 0.508 e. The lowest BCUT2D eigenvalue weighted by Crippen LogP contribution is -1.98. The summed E-state index contributed by atoms with van der Waals surface area (Å²) in [6, 6.07) is 6.45. The van der Waals surface area contributed by atoms with Gasteiger partial charge in [0.05, 0.1) is 0 Å². The number of nitrogen functional groups attached to an aromatic ring is 1. The minimum atomic E-state index is 0.206.